The predicted molar refractivity (Wildman–Crippen MR) is 113 cm³/mol. The minimum absolute atomic E-state index is 0.0344. The molecule has 2 aromatic rings. The predicted octanol–water partition coefficient (Wildman–Crippen LogP) is 4.27. The van der Waals surface area contributed by atoms with Crippen LogP contribution in [0.4, 0.5) is 5.69 Å². The van der Waals surface area contributed by atoms with Crippen LogP contribution in [0.5, 0.6) is 11.5 Å². The van der Waals surface area contributed by atoms with Crippen LogP contribution in [0.3, 0.4) is 0 Å². The standard InChI is InChI=1S/C22H25ClN2O4/c1-3-20(26)25-17-7-5-16(6-8-17)14(2)24-21(27)13-15-11-18(23)22-19(12-15)28-9-4-10-29-22/h5-8,11-12,14H,3-4,9-10,13H2,1-2H3,(H,24,27)(H,25,26). The van der Waals surface area contributed by atoms with Crippen molar-refractivity contribution < 1.29 is 19.1 Å². The molecule has 1 atom stereocenters. The fraction of sp³-hybridized carbons (Fsp3) is 0.364. The van der Waals surface area contributed by atoms with Gasteiger partial charge in [0.15, 0.2) is 11.5 Å². The average Bonchev–Trinajstić information content (AvgIpc) is 2.94. The zero-order valence-corrected chi connectivity index (χ0v) is 17.3. The van der Waals surface area contributed by atoms with Gasteiger partial charge in [0.1, 0.15) is 0 Å². The zero-order chi connectivity index (χ0) is 20.8. The van der Waals surface area contributed by atoms with E-state index in [1.165, 1.54) is 0 Å². The quantitative estimate of drug-likeness (QED) is 0.737. The number of carbonyl (C=O) groups is 2. The van der Waals surface area contributed by atoms with Crippen LogP contribution >= 0.6 is 11.6 Å². The van der Waals surface area contributed by atoms with Gasteiger partial charge in [-0.25, -0.2) is 0 Å². The molecule has 1 heterocycles. The average molecular weight is 417 g/mol. The second-order valence-electron chi connectivity index (χ2n) is 6.95. The number of nitrogens with one attached hydrogen (secondary N) is 2. The number of hydrogen-bond donors (Lipinski definition) is 2. The Morgan fingerprint density at radius 2 is 1.83 bits per heavy atom. The molecular weight excluding hydrogens is 392 g/mol. The molecule has 2 aromatic carbocycles. The molecule has 29 heavy (non-hydrogen) atoms. The van der Waals surface area contributed by atoms with Gasteiger partial charge in [-0.3, -0.25) is 9.59 Å². The SMILES string of the molecule is CCC(=O)Nc1ccc(C(C)NC(=O)Cc2cc(Cl)c3c(c2)OCCCO3)cc1. The van der Waals surface area contributed by atoms with Crippen LogP contribution in [0.2, 0.25) is 5.02 Å². The normalized spacial score (nSPS) is 13.9. The molecule has 1 aliphatic heterocycles. The minimum atomic E-state index is -0.172. The molecule has 0 radical (unpaired) electrons. The first kappa shape index (κ1) is 21.0. The van der Waals surface area contributed by atoms with Gasteiger partial charge in [-0.2, -0.15) is 0 Å². The van der Waals surface area contributed by atoms with Gasteiger partial charge in [-0.1, -0.05) is 30.7 Å². The van der Waals surface area contributed by atoms with E-state index >= 15 is 0 Å². The summed E-state index contributed by atoms with van der Waals surface area (Å²) in [6.45, 7) is 4.84. The highest BCUT2D eigenvalue weighted by atomic mass is 35.5. The van der Waals surface area contributed by atoms with Crippen LogP contribution in [0.15, 0.2) is 36.4 Å². The lowest BCUT2D eigenvalue weighted by molar-refractivity contribution is -0.121. The smallest absolute Gasteiger partial charge is 0.224 e. The van der Waals surface area contributed by atoms with E-state index in [1.807, 2.05) is 37.3 Å². The Morgan fingerprint density at radius 1 is 1.10 bits per heavy atom. The van der Waals surface area contributed by atoms with Gasteiger partial charge in [0.25, 0.3) is 0 Å². The Kier molecular flexibility index (Phi) is 6.99. The number of amides is 2. The van der Waals surface area contributed by atoms with Crippen molar-refractivity contribution in [1.29, 1.82) is 0 Å². The molecule has 0 saturated heterocycles. The van der Waals surface area contributed by atoms with Gasteiger partial charge in [0.2, 0.25) is 11.8 Å². The summed E-state index contributed by atoms with van der Waals surface area (Å²) in [5.74, 6) is 0.965. The summed E-state index contributed by atoms with van der Waals surface area (Å²) in [6, 6.07) is 10.8. The van der Waals surface area contributed by atoms with Gasteiger partial charge in [-0.15, -0.1) is 0 Å². The number of carbonyl (C=O) groups excluding carboxylic acids is 2. The Morgan fingerprint density at radius 3 is 2.55 bits per heavy atom. The molecular formula is C22H25ClN2O4. The lowest BCUT2D eigenvalue weighted by Crippen LogP contribution is -2.28. The van der Waals surface area contributed by atoms with E-state index in [-0.39, 0.29) is 24.3 Å². The molecule has 1 aliphatic rings. The number of rotatable bonds is 6. The first-order valence-corrected chi connectivity index (χ1v) is 10.1. The molecule has 154 valence electrons. The van der Waals surface area contributed by atoms with Crippen LogP contribution in [-0.4, -0.2) is 25.0 Å². The maximum atomic E-state index is 12.5. The van der Waals surface area contributed by atoms with Crippen molar-refractivity contribution in [2.75, 3.05) is 18.5 Å². The maximum Gasteiger partial charge on any atom is 0.224 e. The second kappa shape index (κ2) is 9.65. The molecule has 7 heteroatoms. The van der Waals surface area contributed by atoms with Crippen molar-refractivity contribution >= 4 is 29.1 Å². The number of halogens is 1. The van der Waals surface area contributed by atoms with E-state index in [1.54, 1.807) is 13.0 Å². The highest BCUT2D eigenvalue weighted by Crippen LogP contribution is 2.38. The fourth-order valence-corrected chi connectivity index (χ4v) is 3.34. The van der Waals surface area contributed by atoms with E-state index in [0.717, 1.165) is 23.2 Å². The van der Waals surface area contributed by atoms with Gasteiger partial charge in [-0.05, 0) is 42.3 Å². The Balaban J connectivity index is 1.61. The van der Waals surface area contributed by atoms with Crippen LogP contribution in [0, 0.1) is 0 Å². The van der Waals surface area contributed by atoms with Crippen molar-refractivity contribution in [2.24, 2.45) is 0 Å². The molecule has 6 nitrogen and oxygen atoms in total. The molecule has 3 rings (SSSR count). The molecule has 2 N–H and O–H groups in total. The summed E-state index contributed by atoms with van der Waals surface area (Å²) in [6.07, 6.45) is 1.41. The molecule has 2 amide bonds. The van der Waals surface area contributed by atoms with Crippen LogP contribution in [0.1, 0.15) is 43.9 Å². The lowest BCUT2D eigenvalue weighted by Gasteiger charge is -2.16. The van der Waals surface area contributed by atoms with Crippen molar-refractivity contribution in [3.8, 4) is 11.5 Å². The maximum absolute atomic E-state index is 12.5. The molecule has 0 saturated carbocycles. The molecule has 0 fully saturated rings. The number of ether oxygens (including phenoxy) is 2. The van der Waals surface area contributed by atoms with E-state index in [4.69, 9.17) is 21.1 Å². The third-order valence-electron chi connectivity index (χ3n) is 4.62. The lowest BCUT2D eigenvalue weighted by atomic mass is 10.1. The highest BCUT2D eigenvalue weighted by molar-refractivity contribution is 6.32. The van der Waals surface area contributed by atoms with E-state index in [2.05, 4.69) is 10.6 Å². The highest BCUT2D eigenvalue weighted by Gasteiger charge is 2.17. The largest absolute Gasteiger partial charge is 0.489 e. The van der Waals surface area contributed by atoms with E-state index < -0.39 is 0 Å². The summed E-state index contributed by atoms with van der Waals surface area (Å²) in [4.78, 5) is 24.0. The zero-order valence-electron chi connectivity index (χ0n) is 16.6. The molecule has 0 aromatic heterocycles. The first-order chi connectivity index (χ1) is 14.0. The third kappa shape index (κ3) is 5.64. The van der Waals surface area contributed by atoms with Crippen molar-refractivity contribution in [3.63, 3.8) is 0 Å². The number of benzene rings is 2. The second-order valence-corrected chi connectivity index (χ2v) is 7.35. The van der Waals surface area contributed by atoms with Crippen LogP contribution in [-0.2, 0) is 16.0 Å². The van der Waals surface area contributed by atoms with Gasteiger partial charge >= 0.3 is 0 Å². The van der Waals surface area contributed by atoms with Crippen molar-refractivity contribution in [1.82, 2.24) is 5.32 Å². The minimum Gasteiger partial charge on any atom is -0.489 e. The number of fused-ring (bicyclic) bond motifs is 1. The summed E-state index contributed by atoms with van der Waals surface area (Å²) in [7, 11) is 0. The van der Waals surface area contributed by atoms with Crippen LogP contribution < -0.4 is 20.1 Å². The molecule has 0 spiro atoms. The fourth-order valence-electron chi connectivity index (χ4n) is 3.05. The Hall–Kier alpha value is -2.73. The Bertz CT molecular complexity index is 883. The number of anilines is 1. The first-order valence-electron chi connectivity index (χ1n) is 9.73. The van der Waals surface area contributed by atoms with Gasteiger partial charge in [0.05, 0.1) is 30.7 Å². The molecule has 0 bridgehead atoms. The monoisotopic (exact) mass is 416 g/mol. The summed E-state index contributed by atoms with van der Waals surface area (Å²) in [5, 5.41) is 6.24. The van der Waals surface area contributed by atoms with E-state index in [9.17, 15) is 9.59 Å². The van der Waals surface area contributed by atoms with Crippen LogP contribution in [0.25, 0.3) is 0 Å². The van der Waals surface area contributed by atoms with Crippen molar-refractivity contribution in [2.45, 2.75) is 39.2 Å². The molecule has 0 aliphatic carbocycles. The Labute approximate surface area is 175 Å². The van der Waals surface area contributed by atoms with Crippen molar-refractivity contribution in [3.05, 3.63) is 52.5 Å². The summed E-state index contributed by atoms with van der Waals surface area (Å²) in [5.41, 5.74) is 2.45. The molecule has 1 unspecified atom stereocenters. The van der Waals surface area contributed by atoms with Gasteiger partial charge in [0, 0.05) is 18.5 Å². The summed E-state index contributed by atoms with van der Waals surface area (Å²) < 4.78 is 11.3. The summed E-state index contributed by atoms with van der Waals surface area (Å²) >= 11 is 6.30. The topological polar surface area (TPSA) is 76.7 Å². The van der Waals surface area contributed by atoms with Gasteiger partial charge < -0.3 is 20.1 Å². The number of hydrogen-bond acceptors (Lipinski definition) is 4. The van der Waals surface area contributed by atoms with E-state index in [0.29, 0.717) is 36.2 Å². The third-order valence-corrected chi connectivity index (χ3v) is 4.90.